The number of thioether (sulfide) groups is 1. The summed E-state index contributed by atoms with van der Waals surface area (Å²) in [7, 11) is 0. The van der Waals surface area contributed by atoms with Crippen LogP contribution in [0.2, 0.25) is 0 Å². The van der Waals surface area contributed by atoms with Crippen molar-refractivity contribution in [3.8, 4) is 6.07 Å². The van der Waals surface area contributed by atoms with Crippen LogP contribution in [-0.4, -0.2) is 16.6 Å². The number of carbonyl (C=O) groups is 1. The molecule has 0 amide bonds. The maximum absolute atomic E-state index is 12.3. The number of carboxylic acid groups (broad SMARTS) is 1. The van der Waals surface area contributed by atoms with Gasteiger partial charge in [-0.05, 0) is 41.9 Å². The minimum atomic E-state index is -4.47. The molecule has 0 aliphatic heterocycles. The first-order chi connectivity index (χ1) is 8.23. The molecule has 0 bridgehead atoms. The van der Waals surface area contributed by atoms with Crippen molar-refractivity contribution in [3.05, 3.63) is 28.8 Å². The van der Waals surface area contributed by atoms with E-state index >= 15 is 0 Å². The molecule has 0 saturated carbocycles. The zero-order valence-electron chi connectivity index (χ0n) is 9.21. The number of nitrogens with zero attached hydrogens (tertiary/aromatic N) is 1. The minimum Gasteiger partial charge on any atom is -0.481 e. The lowest BCUT2D eigenvalue weighted by atomic mass is 10.0. The highest BCUT2D eigenvalue weighted by atomic mass is 32.2. The van der Waals surface area contributed by atoms with Crippen LogP contribution in [0.4, 0.5) is 13.2 Å². The number of aliphatic carboxylic acids is 1. The summed E-state index contributed by atoms with van der Waals surface area (Å²) in [6.45, 7) is 1.41. The number of nitriles is 1. The molecule has 0 aliphatic carbocycles. The lowest BCUT2D eigenvalue weighted by molar-refractivity contribution is -0.136. The van der Waals surface area contributed by atoms with Crippen LogP contribution in [0, 0.1) is 18.3 Å². The largest absolute Gasteiger partial charge is 0.481 e. The molecule has 0 heterocycles. The van der Waals surface area contributed by atoms with E-state index < -0.39 is 17.9 Å². The summed E-state index contributed by atoms with van der Waals surface area (Å²) in [6, 6.07) is 4.13. The second kappa shape index (κ2) is 5.31. The van der Waals surface area contributed by atoms with Crippen molar-refractivity contribution in [1.82, 2.24) is 0 Å². The first kappa shape index (κ1) is 14.4. The van der Waals surface area contributed by atoms with Crippen molar-refractivity contribution in [2.45, 2.75) is 23.7 Å². The summed E-state index contributed by atoms with van der Waals surface area (Å²) in [4.78, 5) is 10.5. The van der Waals surface area contributed by atoms with Crippen molar-refractivity contribution in [1.29, 1.82) is 5.26 Å². The number of rotatable bonds is 3. The quantitative estimate of drug-likeness (QED) is 0.861. The van der Waals surface area contributed by atoms with Crippen LogP contribution >= 0.6 is 11.8 Å². The number of hydrogen-bond acceptors (Lipinski definition) is 3. The maximum atomic E-state index is 12.3. The Morgan fingerprint density at radius 1 is 1.50 bits per heavy atom. The van der Waals surface area contributed by atoms with Gasteiger partial charge >= 0.3 is 11.5 Å². The molecule has 0 radical (unpaired) electrons. The normalized spacial score (nSPS) is 11.1. The molecule has 96 valence electrons. The van der Waals surface area contributed by atoms with Gasteiger partial charge in [0.2, 0.25) is 0 Å². The molecule has 0 fully saturated rings. The van der Waals surface area contributed by atoms with Crippen LogP contribution in [0.25, 0.3) is 0 Å². The van der Waals surface area contributed by atoms with Crippen LogP contribution in [0.5, 0.6) is 0 Å². The molecule has 0 atom stereocenters. The Morgan fingerprint density at radius 3 is 2.56 bits per heavy atom. The molecule has 3 nitrogen and oxygen atoms in total. The smallest absolute Gasteiger partial charge is 0.446 e. The van der Waals surface area contributed by atoms with Gasteiger partial charge in [-0.2, -0.15) is 18.4 Å². The predicted molar refractivity (Wildman–Crippen MR) is 59.1 cm³/mol. The Labute approximate surface area is 105 Å². The highest BCUT2D eigenvalue weighted by molar-refractivity contribution is 8.00. The Balaban J connectivity index is 3.25. The summed E-state index contributed by atoms with van der Waals surface area (Å²) in [6.07, 6.45) is -0.410. The highest BCUT2D eigenvalue weighted by Gasteiger charge is 2.30. The monoisotopic (exact) mass is 275 g/mol. The number of hydrogen-bond donors (Lipinski definition) is 1. The van der Waals surface area contributed by atoms with E-state index in [9.17, 15) is 18.0 Å². The summed E-state index contributed by atoms with van der Waals surface area (Å²) < 4.78 is 36.9. The van der Waals surface area contributed by atoms with Crippen LogP contribution < -0.4 is 0 Å². The lowest BCUT2D eigenvalue weighted by Crippen LogP contribution is -2.06. The van der Waals surface area contributed by atoms with Crippen LogP contribution in [-0.2, 0) is 11.2 Å². The molecule has 0 aromatic heterocycles. The van der Waals surface area contributed by atoms with Crippen LogP contribution in [0.1, 0.15) is 16.7 Å². The van der Waals surface area contributed by atoms with E-state index in [1.807, 2.05) is 0 Å². The first-order valence-corrected chi connectivity index (χ1v) is 5.55. The van der Waals surface area contributed by atoms with Crippen molar-refractivity contribution in [3.63, 3.8) is 0 Å². The Kier molecular flexibility index (Phi) is 4.24. The van der Waals surface area contributed by atoms with E-state index in [-0.39, 0.29) is 33.3 Å². The topological polar surface area (TPSA) is 61.1 Å². The summed E-state index contributed by atoms with van der Waals surface area (Å²) in [5.41, 5.74) is -4.00. The molecule has 1 rings (SSSR count). The number of alkyl halides is 3. The van der Waals surface area contributed by atoms with Crippen LogP contribution in [0.15, 0.2) is 17.0 Å². The van der Waals surface area contributed by atoms with Gasteiger partial charge in [-0.15, -0.1) is 0 Å². The zero-order valence-corrected chi connectivity index (χ0v) is 10.0. The number of halogens is 3. The summed E-state index contributed by atoms with van der Waals surface area (Å²) in [5, 5.41) is 17.4. The van der Waals surface area contributed by atoms with Crippen molar-refractivity contribution in [2.75, 3.05) is 0 Å². The van der Waals surface area contributed by atoms with Gasteiger partial charge in [0.1, 0.15) is 0 Å². The van der Waals surface area contributed by atoms with Gasteiger partial charge in [-0.25, -0.2) is 0 Å². The van der Waals surface area contributed by atoms with Gasteiger partial charge in [0.15, 0.2) is 0 Å². The Morgan fingerprint density at radius 2 is 2.11 bits per heavy atom. The standard InChI is InChI=1S/C11H8F3NO2S/c1-6-8(4-10(16)17)2-7(5-15)3-9(6)18-11(12,13)14/h2-3H,4H2,1H3,(H,16,17). The van der Waals surface area contributed by atoms with E-state index in [4.69, 9.17) is 10.4 Å². The molecular weight excluding hydrogens is 267 g/mol. The molecule has 1 aromatic carbocycles. The molecule has 0 unspecified atom stereocenters. The zero-order chi connectivity index (χ0) is 13.9. The molecule has 0 saturated heterocycles. The minimum absolute atomic E-state index is 0.0172. The SMILES string of the molecule is Cc1c(CC(=O)O)cc(C#N)cc1SC(F)(F)F. The Bertz CT molecular complexity index is 520. The number of carboxylic acids is 1. The lowest BCUT2D eigenvalue weighted by Gasteiger charge is -2.12. The maximum Gasteiger partial charge on any atom is 0.446 e. The van der Waals surface area contributed by atoms with Crippen molar-refractivity contribution in [2.24, 2.45) is 0 Å². The van der Waals surface area contributed by atoms with Gasteiger partial charge in [-0.3, -0.25) is 4.79 Å². The summed E-state index contributed by atoms with van der Waals surface area (Å²) >= 11 is -0.346. The van der Waals surface area contributed by atoms with Crippen LogP contribution in [0.3, 0.4) is 0 Å². The fourth-order valence-corrected chi connectivity index (χ4v) is 2.11. The summed E-state index contributed by atoms with van der Waals surface area (Å²) in [5.74, 6) is -1.16. The third-order valence-corrected chi connectivity index (χ3v) is 3.04. The molecular formula is C11H8F3NO2S. The fraction of sp³-hybridized carbons (Fsp3) is 0.273. The molecule has 18 heavy (non-hydrogen) atoms. The molecule has 0 spiro atoms. The second-order valence-electron chi connectivity index (χ2n) is 3.49. The van der Waals surface area contributed by atoms with Gasteiger partial charge in [0.05, 0.1) is 18.1 Å². The Hall–Kier alpha value is -1.68. The van der Waals surface area contributed by atoms with Crippen molar-refractivity contribution >= 4 is 17.7 Å². The molecule has 0 aliphatic rings. The average molecular weight is 275 g/mol. The van der Waals surface area contributed by atoms with Gasteiger partial charge in [0.25, 0.3) is 0 Å². The first-order valence-electron chi connectivity index (χ1n) is 4.74. The van der Waals surface area contributed by atoms with Crippen molar-refractivity contribution < 1.29 is 23.1 Å². The van der Waals surface area contributed by atoms with E-state index in [0.717, 1.165) is 6.07 Å². The fourth-order valence-electron chi connectivity index (χ4n) is 1.39. The van der Waals surface area contributed by atoms with E-state index in [1.54, 1.807) is 6.07 Å². The van der Waals surface area contributed by atoms with Gasteiger partial charge in [0, 0.05) is 4.90 Å². The predicted octanol–water partition coefficient (Wildman–Crippen LogP) is 3.11. The van der Waals surface area contributed by atoms with Gasteiger partial charge in [-0.1, -0.05) is 0 Å². The van der Waals surface area contributed by atoms with E-state index in [0.29, 0.717) is 0 Å². The third kappa shape index (κ3) is 3.96. The van der Waals surface area contributed by atoms with E-state index in [2.05, 4.69) is 0 Å². The molecule has 7 heteroatoms. The third-order valence-electron chi connectivity index (χ3n) is 2.16. The average Bonchev–Trinajstić information content (AvgIpc) is 2.21. The second-order valence-corrected chi connectivity index (χ2v) is 4.60. The molecule has 1 aromatic rings. The number of benzene rings is 1. The van der Waals surface area contributed by atoms with Gasteiger partial charge < -0.3 is 5.11 Å². The van der Waals surface area contributed by atoms with E-state index in [1.165, 1.54) is 13.0 Å². The molecule has 1 N–H and O–H groups in total. The highest BCUT2D eigenvalue weighted by Crippen LogP contribution is 2.39.